The summed E-state index contributed by atoms with van der Waals surface area (Å²) in [6.45, 7) is 0.562. The molecule has 0 aromatic carbocycles. The molecule has 0 atom stereocenters. The number of ether oxygens (including phenoxy) is 1. The lowest BCUT2D eigenvalue weighted by Gasteiger charge is -2.07. The van der Waals surface area contributed by atoms with Crippen LogP contribution in [-0.4, -0.2) is 12.1 Å². The van der Waals surface area contributed by atoms with Crippen molar-refractivity contribution in [3.63, 3.8) is 0 Å². The Morgan fingerprint density at radius 3 is 2.94 bits per heavy atom. The van der Waals surface area contributed by atoms with E-state index >= 15 is 0 Å². The largest absolute Gasteiger partial charge is 0.480 e. The van der Waals surface area contributed by atoms with E-state index in [1.165, 1.54) is 0 Å². The van der Waals surface area contributed by atoms with Gasteiger partial charge in [0.2, 0.25) is 5.88 Å². The first-order valence-corrected chi connectivity index (χ1v) is 6.46. The van der Waals surface area contributed by atoms with E-state index in [0.717, 1.165) is 15.9 Å². The summed E-state index contributed by atoms with van der Waals surface area (Å²) in [6, 6.07) is 5.65. The number of anilines is 1. The van der Waals surface area contributed by atoms with Crippen LogP contribution in [0.25, 0.3) is 0 Å². The van der Waals surface area contributed by atoms with Crippen LogP contribution in [0.5, 0.6) is 5.88 Å². The highest BCUT2D eigenvalue weighted by atomic mass is 79.9. The summed E-state index contributed by atoms with van der Waals surface area (Å²) in [5, 5.41) is 3.20. The van der Waals surface area contributed by atoms with E-state index < -0.39 is 0 Å². The van der Waals surface area contributed by atoms with E-state index in [0.29, 0.717) is 17.1 Å². The van der Waals surface area contributed by atoms with Gasteiger partial charge in [-0.2, -0.15) is 0 Å². The number of pyridine rings is 1. The maximum atomic E-state index is 5.46. The highest BCUT2D eigenvalue weighted by Crippen LogP contribution is 2.28. The second kappa shape index (κ2) is 5.55. The second-order valence-corrected chi connectivity index (χ2v) is 4.82. The van der Waals surface area contributed by atoms with Crippen molar-refractivity contribution in [3.05, 3.63) is 39.3 Å². The molecule has 2 rings (SSSR count). The minimum absolute atomic E-state index is 0.562. The predicted molar refractivity (Wildman–Crippen MR) is 72.2 cm³/mol. The summed E-state index contributed by atoms with van der Waals surface area (Å²) in [6.07, 6.45) is 1.68. The van der Waals surface area contributed by atoms with Gasteiger partial charge in [0.25, 0.3) is 0 Å². The molecule has 0 spiro atoms. The number of nitrogens with one attached hydrogen (secondary N) is 1. The van der Waals surface area contributed by atoms with Gasteiger partial charge >= 0.3 is 0 Å². The molecular formula is C11H10Br2N2O2. The van der Waals surface area contributed by atoms with Crippen molar-refractivity contribution in [2.24, 2.45) is 0 Å². The molecule has 0 unspecified atom stereocenters. The lowest BCUT2D eigenvalue weighted by molar-refractivity contribution is 0.399. The molecule has 0 bridgehead atoms. The van der Waals surface area contributed by atoms with Crippen LogP contribution in [0.1, 0.15) is 5.76 Å². The minimum atomic E-state index is 0.562. The van der Waals surface area contributed by atoms with Gasteiger partial charge in [-0.15, -0.1) is 0 Å². The van der Waals surface area contributed by atoms with Crippen LogP contribution < -0.4 is 10.1 Å². The van der Waals surface area contributed by atoms with Gasteiger partial charge in [0.15, 0.2) is 4.67 Å². The average molecular weight is 362 g/mol. The summed E-state index contributed by atoms with van der Waals surface area (Å²) in [4.78, 5) is 4.10. The molecule has 0 radical (unpaired) electrons. The van der Waals surface area contributed by atoms with E-state index in [4.69, 9.17) is 9.15 Å². The van der Waals surface area contributed by atoms with E-state index in [1.807, 2.05) is 18.2 Å². The van der Waals surface area contributed by atoms with Crippen molar-refractivity contribution < 1.29 is 9.15 Å². The van der Waals surface area contributed by atoms with E-state index in [2.05, 4.69) is 42.2 Å². The highest BCUT2D eigenvalue weighted by Gasteiger charge is 2.07. The first kappa shape index (κ1) is 12.4. The molecule has 0 aliphatic carbocycles. The van der Waals surface area contributed by atoms with Gasteiger partial charge in [-0.3, -0.25) is 0 Å². The third-order valence-corrected chi connectivity index (χ3v) is 3.82. The van der Waals surface area contributed by atoms with Gasteiger partial charge in [0.1, 0.15) is 5.76 Å². The Hall–Kier alpha value is -1.01. The Morgan fingerprint density at radius 1 is 1.47 bits per heavy atom. The van der Waals surface area contributed by atoms with Crippen LogP contribution in [0.3, 0.4) is 0 Å². The quantitative estimate of drug-likeness (QED) is 0.899. The van der Waals surface area contributed by atoms with Crippen molar-refractivity contribution in [3.8, 4) is 5.88 Å². The standard InChI is InChI=1S/C11H10Br2N2O2/c1-16-11-9(3-2-4-14-11)15-6-7-5-8(12)10(13)17-7/h2-5,15H,6H2,1H3. The van der Waals surface area contributed by atoms with Crippen molar-refractivity contribution in [1.29, 1.82) is 0 Å². The van der Waals surface area contributed by atoms with Gasteiger partial charge in [0, 0.05) is 6.20 Å². The lowest BCUT2D eigenvalue weighted by atomic mass is 10.3. The number of rotatable bonds is 4. The zero-order valence-corrected chi connectivity index (χ0v) is 12.2. The summed E-state index contributed by atoms with van der Waals surface area (Å²) < 4.78 is 12.2. The molecule has 1 N–H and O–H groups in total. The number of aromatic nitrogens is 1. The van der Waals surface area contributed by atoms with Gasteiger partial charge < -0.3 is 14.5 Å². The zero-order valence-electron chi connectivity index (χ0n) is 9.04. The van der Waals surface area contributed by atoms with Crippen molar-refractivity contribution in [2.75, 3.05) is 12.4 Å². The first-order chi connectivity index (χ1) is 8.20. The average Bonchev–Trinajstić information content (AvgIpc) is 2.66. The molecule has 0 fully saturated rings. The Morgan fingerprint density at radius 2 is 2.29 bits per heavy atom. The molecule has 0 aliphatic rings. The minimum Gasteiger partial charge on any atom is -0.480 e. The second-order valence-electron chi connectivity index (χ2n) is 3.25. The molecule has 0 aliphatic heterocycles. The first-order valence-electron chi connectivity index (χ1n) is 4.87. The number of methoxy groups -OCH3 is 1. The number of halogens is 2. The van der Waals surface area contributed by atoms with Crippen LogP contribution >= 0.6 is 31.9 Å². The fraction of sp³-hybridized carbons (Fsp3) is 0.182. The Kier molecular flexibility index (Phi) is 4.06. The summed E-state index contributed by atoms with van der Waals surface area (Å²) in [5.74, 6) is 1.38. The number of hydrogen-bond donors (Lipinski definition) is 1. The maximum Gasteiger partial charge on any atom is 0.237 e. The molecule has 2 aromatic heterocycles. The van der Waals surface area contributed by atoms with Crippen molar-refractivity contribution in [2.45, 2.75) is 6.54 Å². The summed E-state index contributed by atoms with van der Waals surface area (Å²) in [7, 11) is 1.59. The third kappa shape index (κ3) is 3.01. The summed E-state index contributed by atoms with van der Waals surface area (Å²) >= 11 is 6.66. The zero-order chi connectivity index (χ0) is 12.3. The van der Waals surface area contributed by atoms with E-state index in [9.17, 15) is 0 Å². The topological polar surface area (TPSA) is 47.3 Å². The van der Waals surface area contributed by atoms with Crippen LogP contribution in [0.4, 0.5) is 5.69 Å². The van der Waals surface area contributed by atoms with Crippen LogP contribution in [-0.2, 0) is 6.54 Å². The van der Waals surface area contributed by atoms with Gasteiger partial charge in [-0.25, -0.2) is 4.98 Å². The fourth-order valence-electron chi connectivity index (χ4n) is 1.35. The smallest absolute Gasteiger partial charge is 0.237 e. The van der Waals surface area contributed by atoms with Crippen LogP contribution in [0.15, 0.2) is 38.0 Å². The molecule has 2 heterocycles. The molecule has 0 saturated carbocycles. The molecule has 6 heteroatoms. The normalized spacial score (nSPS) is 10.3. The Labute approximate surface area is 116 Å². The number of hydrogen-bond acceptors (Lipinski definition) is 4. The maximum absolute atomic E-state index is 5.46. The Balaban J connectivity index is 2.07. The molecule has 0 saturated heterocycles. The molecule has 17 heavy (non-hydrogen) atoms. The third-order valence-electron chi connectivity index (χ3n) is 2.11. The predicted octanol–water partition coefficient (Wildman–Crippen LogP) is 3.82. The monoisotopic (exact) mass is 360 g/mol. The molecule has 90 valence electrons. The fourth-order valence-corrected chi connectivity index (χ4v) is 2.01. The van der Waals surface area contributed by atoms with Crippen LogP contribution in [0.2, 0.25) is 0 Å². The van der Waals surface area contributed by atoms with Gasteiger partial charge in [-0.05, 0) is 50.1 Å². The number of nitrogens with zero attached hydrogens (tertiary/aromatic N) is 1. The Bertz CT molecular complexity index is 494. The summed E-state index contributed by atoms with van der Waals surface area (Å²) in [5.41, 5.74) is 0.832. The molecule has 0 amide bonds. The molecule has 2 aromatic rings. The van der Waals surface area contributed by atoms with E-state index in [1.54, 1.807) is 13.3 Å². The molecular weight excluding hydrogens is 352 g/mol. The highest BCUT2D eigenvalue weighted by molar-refractivity contribution is 9.13. The van der Waals surface area contributed by atoms with Crippen molar-refractivity contribution >= 4 is 37.5 Å². The van der Waals surface area contributed by atoms with E-state index in [-0.39, 0.29) is 0 Å². The van der Waals surface area contributed by atoms with Gasteiger partial charge in [-0.1, -0.05) is 0 Å². The molecule has 4 nitrogen and oxygen atoms in total. The lowest BCUT2D eigenvalue weighted by Crippen LogP contribution is -2.01. The number of furan rings is 1. The van der Waals surface area contributed by atoms with Crippen LogP contribution in [0, 0.1) is 0 Å². The SMILES string of the molecule is COc1ncccc1NCc1cc(Br)c(Br)o1. The van der Waals surface area contributed by atoms with Gasteiger partial charge in [0.05, 0.1) is 23.8 Å². The van der Waals surface area contributed by atoms with Crippen molar-refractivity contribution in [1.82, 2.24) is 4.98 Å².